The van der Waals surface area contributed by atoms with Crippen LogP contribution in [0.2, 0.25) is 0 Å². The zero-order valence-electron chi connectivity index (χ0n) is 18.3. The van der Waals surface area contributed by atoms with Gasteiger partial charge in [0.1, 0.15) is 23.8 Å². The molecule has 12 heteroatoms. The van der Waals surface area contributed by atoms with Crippen molar-refractivity contribution in [3.05, 3.63) is 66.6 Å². The number of carboxylic acid groups (broad SMARTS) is 1. The molecular formula is C22H27N5O6S. The molecule has 1 aromatic carbocycles. The fourth-order valence-electron chi connectivity index (χ4n) is 3.25. The summed E-state index contributed by atoms with van der Waals surface area (Å²) in [4.78, 5) is 34.0. The van der Waals surface area contributed by atoms with Crippen LogP contribution >= 0.6 is 0 Å². The Morgan fingerprint density at radius 1 is 1.21 bits per heavy atom. The maximum Gasteiger partial charge on any atom is 0.323 e. The second-order valence-electron chi connectivity index (χ2n) is 7.53. The molecule has 0 saturated heterocycles. The molecule has 1 amide bonds. The largest absolute Gasteiger partial charge is 0.480 e. The molecule has 2 atom stereocenters. The van der Waals surface area contributed by atoms with E-state index in [9.17, 15) is 23.1 Å². The SMILES string of the molecule is O=CN(CC(NS(=O)(=O)c1ccccc1)C(=O)O)C1=CC(CCCCNc2ccccn2)ON1. The number of unbranched alkanes of at least 4 members (excludes halogenated alkanes) is 1. The van der Waals surface area contributed by atoms with Crippen molar-refractivity contribution in [2.24, 2.45) is 0 Å². The molecule has 0 saturated carbocycles. The quantitative estimate of drug-likeness (QED) is 0.227. The number of hydrogen-bond donors (Lipinski definition) is 4. The lowest BCUT2D eigenvalue weighted by atomic mass is 10.1. The fraction of sp³-hybridized carbons (Fsp3) is 0.318. The first-order valence-corrected chi connectivity index (χ1v) is 12.2. The van der Waals surface area contributed by atoms with Crippen LogP contribution in [-0.4, -0.2) is 61.0 Å². The van der Waals surface area contributed by atoms with Crippen LogP contribution in [-0.2, 0) is 24.4 Å². The summed E-state index contributed by atoms with van der Waals surface area (Å²) in [6.45, 7) is 0.323. The Balaban J connectivity index is 1.51. The minimum absolute atomic E-state index is 0.0713. The summed E-state index contributed by atoms with van der Waals surface area (Å²) in [5.74, 6) is -0.347. The molecule has 4 N–H and O–H groups in total. The first-order valence-electron chi connectivity index (χ1n) is 10.7. The van der Waals surface area contributed by atoms with Crippen molar-refractivity contribution in [2.45, 2.75) is 36.3 Å². The molecular weight excluding hydrogens is 462 g/mol. The molecule has 0 spiro atoms. The van der Waals surface area contributed by atoms with Crippen LogP contribution in [0.1, 0.15) is 19.3 Å². The molecule has 11 nitrogen and oxygen atoms in total. The summed E-state index contributed by atoms with van der Waals surface area (Å²) in [6, 6.07) is 11.5. The van der Waals surface area contributed by atoms with E-state index in [1.54, 1.807) is 18.3 Å². The Bertz CT molecular complexity index is 1080. The van der Waals surface area contributed by atoms with E-state index in [1.165, 1.54) is 24.3 Å². The summed E-state index contributed by atoms with van der Waals surface area (Å²) in [6.07, 6.45) is 5.89. The third-order valence-corrected chi connectivity index (χ3v) is 6.50. The monoisotopic (exact) mass is 489 g/mol. The second kappa shape index (κ2) is 12.1. The standard InChI is InChI=1S/C22H27N5O6S/c28-16-27(15-19(22(29)30)26-34(31,32)18-9-2-1-3-10-18)21-14-17(33-25-21)8-4-6-12-23-20-11-5-7-13-24-20/h1-3,5,7,9-11,13-14,16-17,19,25-26H,4,6,8,12,15H2,(H,23,24)(H,29,30). The van der Waals surface area contributed by atoms with Gasteiger partial charge in [0.05, 0.1) is 11.4 Å². The normalized spacial score (nSPS) is 16.2. The van der Waals surface area contributed by atoms with Crippen molar-refractivity contribution in [1.29, 1.82) is 0 Å². The lowest BCUT2D eigenvalue weighted by Crippen LogP contribution is -2.48. The van der Waals surface area contributed by atoms with Crippen molar-refractivity contribution < 1.29 is 28.0 Å². The molecule has 0 aliphatic carbocycles. The molecule has 1 aliphatic heterocycles. The van der Waals surface area contributed by atoms with E-state index >= 15 is 0 Å². The fourth-order valence-corrected chi connectivity index (χ4v) is 4.45. The molecule has 182 valence electrons. The number of amides is 1. The van der Waals surface area contributed by atoms with Crippen molar-refractivity contribution in [3.8, 4) is 0 Å². The van der Waals surface area contributed by atoms with Crippen LogP contribution in [0, 0.1) is 0 Å². The van der Waals surface area contributed by atoms with Crippen molar-refractivity contribution in [3.63, 3.8) is 0 Å². The molecule has 0 radical (unpaired) electrons. The topological polar surface area (TPSA) is 150 Å². The Morgan fingerprint density at radius 3 is 2.65 bits per heavy atom. The van der Waals surface area contributed by atoms with Crippen LogP contribution in [0.5, 0.6) is 0 Å². The van der Waals surface area contributed by atoms with Crippen LogP contribution in [0.4, 0.5) is 5.82 Å². The van der Waals surface area contributed by atoms with E-state index in [0.29, 0.717) is 12.8 Å². The van der Waals surface area contributed by atoms with E-state index in [0.717, 1.165) is 30.1 Å². The predicted octanol–water partition coefficient (Wildman–Crippen LogP) is 1.30. The number of pyridine rings is 1. The van der Waals surface area contributed by atoms with Gasteiger partial charge in [0.2, 0.25) is 16.4 Å². The van der Waals surface area contributed by atoms with Crippen molar-refractivity contribution in [2.75, 3.05) is 18.4 Å². The van der Waals surface area contributed by atoms with Gasteiger partial charge in [-0.1, -0.05) is 24.3 Å². The van der Waals surface area contributed by atoms with E-state index in [4.69, 9.17) is 4.84 Å². The number of carbonyl (C=O) groups is 2. The average Bonchev–Trinajstić information content (AvgIpc) is 3.31. The number of hydrogen-bond acceptors (Lipinski definition) is 8. The third-order valence-electron chi connectivity index (χ3n) is 5.01. The number of nitrogens with zero attached hydrogens (tertiary/aromatic N) is 2. The van der Waals surface area contributed by atoms with Gasteiger partial charge in [0.25, 0.3) is 0 Å². The van der Waals surface area contributed by atoms with Gasteiger partial charge >= 0.3 is 5.97 Å². The Morgan fingerprint density at radius 2 is 1.97 bits per heavy atom. The first kappa shape index (κ1) is 25.1. The molecule has 2 aromatic rings. The molecule has 2 heterocycles. The average molecular weight is 490 g/mol. The van der Waals surface area contributed by atoms with Gasteiger partial charge in [-0.05, 0) is 49.6 Å². The highest BCUT2D eigenvalue weighted by molar-refractivity contribution is 7.89. The van der Waals surface area contributed by atoms with Gasteiger partial charge in [-0.2, -0.15) is 4.72 Å². The smallest absolute Gasteiger partial charge is 0.323 e. The van der Waals surface area contributed by atoms with Gasteiger partial charge in [-0.15, -0.1) is 0 Å². The minimum Gasteiger partial charge on any atom is -0.480 e. The van der Waals surface area contributed by atoms with Crippen LogP contribution in [0.25, 0.3) is 0 Å². The highest BCUT2D eigenvalue weighted by Gasteiger charge is 2.30. The Hall–Kier alpha value is -3.48. The van der Waals surface area contributed by atoms with E-state index in [2.05, 4.69) is 20.5 Å². The second-order valence-corrected chi connectivity index (χ2v) is 9.24. The number of anilines is 1. The number of rotatable bonds is 14. The molecule has 2 unspecified atom stereocenters. The number of hydroxylamine groups is 1. The van der Waals surface area contributed by atoms with E-state index in [1.807, 2.05) is 18.2 Å². The first-order chi connectivity index (χ1) is 16.4. The lowest BCUT2D eigenvalue weighted by Gasteiger charge is -2.23. The number of sulfonamides is 1. The molecule has 0 fully saturated rings. The Kier molecular flexibility index (Phi) is 8.96. The summed E-state index contributed by atoms with van der Waals surface area (Å²) >= 11 is 0. The van der Waals surface area contributed by atoms with Crippen LogP contribution in [0.3, 0.4) is 0 Å². The highest BCUT2D eigenvalue weighted by atomic mass is 32.2. The van der Waals surface area contributed by atoms with Gasteiger partial charge in [-0.3, -0.25) is 24.8 Å². The number of aromatic nitrogens is 1. The van der Waals surface area contributed by atoms with Gasteiger partial charge < -0.3 is 10.4 Å². The van der Waals surface area contributed by atoms with Gasteiger partial charge in [0.15, 0.2) is 0 Å². The maximum absolute atomic E-state index is 12.5. The number of aliphatic carboxylic acids is 1. The van der Waals surface area contributed by atoms with Crippen molar-refractivity contribution >= 4 is 28.2 Å². The summed E-state index contributed by atoms with van der Waals surface area (Å²) in [7, 11) is -4.09. The molecule has 1 aliphatic rings. The maximum atomic E-state index is 12.5. The van der Waals surface area contributed by atoms with Crippen LogP contribution < -0.4 is 15.5 Å². The summed E-state index contributed by atoms with van der Waals surface area (Å²) < 4.78 is 27.1. The predicted molar refractivity (Wildman–Crippen MR) is 124 cm³/mol. The van der Waals surface area contributed by atoms with Gasteiger partial charge in [-0.25, -0.2) is 13.4 Å². The minimum atomic E-state index is -4.09. The number of carboxylic acids is 1. The number of benzene rings is 1. The molecule has 34 heavy (non-hydrogen) atoms. The zero-order chi connectivity index (χ0) is 24.4. The molecule has 1 aromatic heterocycles. The lowest BCUT2D eigenvalue weighted by molar-refractivity contribution is -0.139. The highest BCUT2D eigenvalue weighted by Crippen LogP contribution is 2.16. The third kappa shape index (κ3) is 7.27. The van der Waals surface area contributed by atoms with E-state index < -0.39 is 28.6 Å². The van der Waals surface area contributed by atoms with E-state index in [-0.39, 0.29) is 16.8 Å². The molecule has 0 bridgehead atoms. The number of nitrogens with one attached hydrogen (secondary N) is 3. The molecule has 3 rings (SSSR count). The van der Waals surface area contributed by atoms with Gasteiger partial charge in [0, 0.05) is 12.7 Å². The Labute approximate surface area is 197 Å². The zero-order valence-corrected chi connectivity index (χ0v) is 19.1. The number of carbonyl (C=O) groups excluding carboxylic acids is 1. The van der Waals surface area contributed by atoms with Crippen molar-refractivity contribution in [1.82, 2.24) is 20.1 Å². The van der Waals surface area contributed by atoms with Crippen LogP contribution in [0.15, 0.2) is 71.5 Å². The summed E-state index contributed by atoms with van der Waals surface area (Å²) in [5, 5.41) is 12.7. The summed E-state index contributed by atoms with van der Waals surface area (Å²) in [5.41, 5.74) is 2.62.